The van der Waals surface area contributed by atoms with Crippen molar-refractivity contribution in [2.75, 3.05) is 38.4 Å². The molecule has 1 heterocycles. The summed E-state index contributed by atoms with van der Waals surface area (Å²) < 4.78 is 16.3. The number of nitrogen functional groups attached to an aromatic ring is 1. The lowest BCUT2D eigenvalue weighted by molar-refractivity contribution is 0.305. The Bertz CT molecular complexity index is 672. The van der Waals surface area contributed by atoms with E-state index in [1.54, 1.807) is 20.4 Å². The Labute approximate surface area is 154 Å². The first-order valence-electron chi connectivity index (χ1n) is 8.87. The summed E-state index contributed by atoms with van der Waals surface area (Å²) in [4.78, 5) is 8.41. The summed E-state index contributed by atoms with van der Waals surface area (Å²) >= 11 is 0. The van der Waals surface area contributed by atoms with Crippen LogP contribution in [-0.2, 0) is 6.42 Å². The van der Waals surface area contributed by atoms with Gasteiger partial charge in [-0.05, 0) is 19.3 Å². The zero-order valence-corrected chi connectivity index (χ0v) is 15.7. The molecular weight excluding hydrogens is 332 g/mol. The fourth-order valence-corrected chi connectivity index (χ4v) is 2.46. The van der Waals surface area contributed by atoms with Gasteiger partial charge in [0.15, 0.2) is 0 Å². The molecule has 0 aliphatic heterocycles. The van der Waals surface area contributed by atoms with Crippen LogP contribution in [0.5, 0.6) is 17.2 Å². The number of nitrogens with zero attached hydrogens (tertiary/aromatic N) is 2. The lowest BCUT2D eigenvalue weighted by atomic mass is 10.1. The van der Waals surface area contributed by atoms with E-state index in [1.165, 1.54) is 0 Å². The Kier molecular flexibility index (Phi) is 7.79. The third-order valence-corrected chi connectivity index (χ3v) is 3.89. The number of rotatable bonds is 11. The molecule has 0 unspecified atom stereocenters. The molecule has 0 aliphatic rings. The molecule has 1 aromatic carbocycles. The van der Waals surface area contributed by atoms with Crippen LogP contribution in [0.15, 0.2) is 24.4 Å². The minimum Gasteiger partial charge on any atom is -0.496 e. The fourth-order valence-electron chi connectivity index (χ4n) is 2.46. The second kappa shape index (κ2) is 10.3. The zero-order valence-electron chi connectivity index (χ0n) is 15.7. The van der Waals surface area contributed by atoms with Crippen LogP contribution >= 0.6 is 0 Å². The molecule has 0 bridgehead atoms. The molecular formula is C19H28N4O3. The van der Waals surface area contributed by atoms with E-state index >= 15 is 0 Å². The Balaban J connectivity index is 1.89. The van der Waals surface area contributed by atoms with Crippen molar-refractivity contribution in [3.8, 4) is 17.2 Å². The summed E-state index contributed by atoms with van der Waals surface area (Å²) in [6, 6.07) is 5.49. The van der Waals surface area contributed by atoms with E-state index in [4.69, 9.17) is 19.9 Å². The van der Waals surface area contributed by atoms with Crippen molar-refractivity contribution in [3.05, 3.63) is 30.0 Å². The maximum Gasteiger partial charge on any atom is 0.221 e. The van der Waals surface area contributed by atoms with Crippen LogP contribution in [0, 0.1) is 0 Å². The van der Waals surface area contributed by atoms with Crippen LogP contribution in [0.4, 0.5) is 11.8 Å². The van der Waals surface area contributed by atoms with Crippen molar-refractivity contribution in [2.45, 2.75) is 32.6 Å². The van der Waals surface area contributed by atoms with E-state index in [0.717, 1.165) is 49.4 Å². The van der Waals surface area contributed by atoms with E-state index in [-0.39, 0.29) is 5.95 Å². The molecule has 0 amide bonds. The monoisotopic (exact) mass is 360 g/mol. The molecule has 7 nitrogen and oxygen atoms in total. The predicted molar refractivity (Wildman–Crippen MR) is 103 cm³/mol. The van der Waals surface area contributed by atoms with E-state index in [1.807, 2.05) is 18.2 Å². The summed E-state index contributed by atoms with van der Waals surface area (Å²) in [6.07, 6.45) is 5.63. The van der Waals surface area contributed by atoms with E-state index in [2.05, 4.69) is 22.2 Å². The molecule has 2 aromatic rings. The molecule has 0 atom stereocenters. The minimum absolute atomic E-state index is 0.285. The molecule has 0 aliphatic carbocycles. The van der Waals surface area contributed by atoms with E-state index in [9.17, 15) is 0 Å². The number of hydrogen-bond donors (Lipinski definition) is 2. The normalized spacial score (nSPS) is 10.4. The van der Waals surface area contributed by atoms with Gasteiger partial charge in [-0.15, -0.1) is 0 Å². The number of nitrogens with two attached hydrogens (primary N) is 1. The molecule has 0 radical (unpaired) electrons. The smallest absolute Gasteiger partial charge is 0.221 e. The second-order valence-electron chi connectivity index (χ2n) is 5.88. The number of hydrogen-bond acceptors (Lipinski definition) is 7. The maximum atomic E-state index is 5.83. The number of unbranched alkanes of at least 4 members (excludes halogenated alkanes) is 1. The standard InChI is InChI=1S/C19H28N4O3/c1-4-5-8-21-18-14(13-22-19(20)23-18)7-6-9-26-17-11-15(24-2)10-16(12-17)25-3/h10-13H,4-9H2,1-3H3,(H3,20,21,22,23). The highest BCUT2D eigenvalue weighted by molar-refractivity contribution is 5.46. The van der Waals surface area contributed by atoms with Gasteiger partial charge in [0.2, 0.25) is 5.95 Å². The quantitative estimate of drug-likeness (QED) is 0.594. The van der Waals surface area contributed by atoms with Gasteiger partial charge in [-0.1, -0.05) is 13.3 Å². The van der Waals surface area contributed by atoms with Gasteiger partial charge in [0.05, 0.1) is 20.8 Å². The number of methoxy groups -OCH3 is 2. The maximum absolute atomic E-state index is 5.83. The number of nitrogens with one attached hydrogen (secondary N) is 1. The molecule has 142 valence electrons. The number of benzene rings is 1. The molecule has 0 fully saturated rings. The highest BCUT2D eigenvalue weighted by Crippen LogP contribution is 2.27. The Hall–Kier alpha value is -2.70. The van der Waals surface area contributed by atoms with Crippen LogP contribution in [0.3, 0.4) is 0 Å². The third kappa shape index (κ3) is 5.98. The number of aromatic nitrogens is 2. The van der Waals surface area contributed by atoms with Crippen molar-refractivity contribution in [1.82, 2.24) is 9.97 Å². The van der Waals surface area contributed by atoms with Crippen LogP contribution < -0.4 is 25.3 Å². The summed E-state index contributed by atoms with van der Waals surface area (Å²) in [5.74, 6) is 3.22. The van der Waals surface area contributed by atoms with Gasteiger partial charge >= 0.3 is 0 Å². The van der Waals surface area contributed by atoms with Gasteiger partial charge in [-0.3, -0.25) is 0 Å². The molecule has 3 N–H and O–H groups in total. The van der Waals surface area contributed by atoms with Crippen LogP contribution in [0.25, 0.3) is 0 Å². The Morgan fingerprint density at radius 2 is 1.73 bits per heavy atom. The minimum atomic E-state index is 0.285. The molecule has 2 rings (SSSR count). The fraction of sp³-hybridized carbons (Fsp3) is 0.474. The van der Waals surface area contributed by atoms with Gasteiger partial charge in [-0.2, -0.15) is 4.98 Å². The first kappa shape index (κ1) is 19.6. The highest BCUT2D eigenvalue weighted by atomic mass is 16.5. The van der Waals surface area contributed by atoms with Crippen molar-refractivity contribution < 1.29 is 14.2 Å². The first-order valence-corrected chi connectivity index (χ1v) is 8.87. The summed E-state index contributed by atoms with van der Waals surface area (Å²) in [5.41, 5.74) is 6.75. The molecule has 0 saturated carbocycles. The summed E-state index contributed by atoms with van der Waals surface area (Å²) in [5, 5.41) is 3.34. The lowest BCUT2D eigenvalue weighted by Gasteiger charge is -2.12. The average Bonchev–Trinajstić information content (AvgIpc) is 2.66. The zero-order chi connectivity index (χ0) is 18.8. The van der Waals surface area contributed by atoms with Gasteiger partial charge in [0.1, 0.15) is 23.1 Å². The lowest BCUT2D eigenvalue weighted by Crippen LogP contribution is -2.10. The molecule has 26 heavy (non-hydrogen) atoms. The van der Waals surface area contributed by atoms with Crippen molar-refractivity contribution in [3.63, 3.8) is 0 Å². The molecule has 7 heteroatoms. The predicted octanol–water partition coefficient (Wildman–Crippen LogP) is 3.30. The van der Waals surface area contributed by atoms with E-state index in [0.29, 0.717) is 18.1 Å². The van der Waals surface area contributed by atoms with Gasteiger partial charge in [0, 0.05) is 36.5 Å². The average molecular weight is 360 g/mol. The van der Waals surface area contributed by atoms with E-state index < -0.39 is 0 Å². The summed E-state index contributed by atoms with van der Waals surface area (Å²) in [7, 11) is 3.24. The van der Waals surface area contributed by atoms with Crippen LogP contribution in [0.2, 0.25) is 0 Å². The van der Waals surface area contributed by atoms with Crippen LogP contribution in [0.1, 0.15) is 31.7 Å². The largest absolute Gasteiger partial charge is 0.496 e. The molecule has 0 spiro atoms. The number of ether oxygens (including phenoxy) is 3. The van der Waals surface area contributed by atoms with Crippen molar-refractivity contribution >= 4 is 11.8 Å². The molecule has 1 aromatic heterocycles. The second-order valence-corrected chi connectivity index (χ2v) is 5.88. The third-order valence-electron chi connectivity index (χ3n) is 3.89. The molecule has 0 saturated heterocycles. The van der Waals surface area contributed by atoms with Gasteiger partial charge < -0.3 is 25.3 Å². The number of aryl methyl sites for hydroxylation is 1. The SMILES string of the molecule is CCCCNc1nc(N)ncc1CCCOc1cc(OC)cc(OC)c1. The van der Waals surface area contributed by atoms with Crippen molar-refractivity contribution in [2.24, 2.45) is 0 Å². The Morgan fingerprint density at radius 3 is 2.38 bits per heavy atom. The van der Waals surface area contributed by atoms with Gasteiger partial charge in [0.25, 0.3) is 0 Å². The highest BCUT2D eigenvalue weighted by Gasteiger charge is 2.07. The van der Waals surface area contributed by atoms with Crippen molar-refractivity contribution in [1.29, 1.82) is 0 Å². The summed E-state index contributed by atoms with van der Waals surface area (Å²) in [6.45, 7) is 3.59. The van der Waals surface area contributed by atoms with Gasteiger partial charge in [-0.25, -0.2) is 4.98 Å². The number of anilines is 2. The first-order chi connectivity index (χ1) is 12.7. The van der Waals surface area contributed by atoms with Crippen LogP contribution in [-0.4, -0.2) is 37.3 Å². The topological polar surface area (TPSA) is 91.5 Å². The Morgan fingerprint density at radius 1 is 1.04 bits per heavy atom.